The Hall–Kier alpha value is -2.11. The largest absolute Gasteiger partial charge is 0.497 e. The van der Waals surface area contributed by atoms with Gasteiger partial charge >= 0.3 is 0 Å². The second-order valence-electron chi connectivity index (χ2n) is 4.41. The van der Waals surface area contributed by atoms with E-state index in [1.807, 2.05) is 48.5 Å². The summed E-state index contributed by atoms with van der Waals surface area (Å²) in [6.07, 6.45) is 0.693. The van der Waals surface area contributed by atoms with Crippen LogP contribution in [-0.4, -0.2) is 13.0 Å². The fourth-order valence-corrected chi connectivity index (χ4v) is 1.86. The Morgan fingerprint density at radius 2 is 1.86 bits per heavy atom. The van der Waals surface area contributed by atoms with Gasteiger partial charge in [-0.25, -0.2) is 0 Å². The molecule has 0 atom stereocenters. The van der Waals surface area contributed by atoms with Crippen molar-refractivity contribution >= 4 is 11.6 Å². The predicted molar refractivity (Wildman–Crippen MR) is 86.0 cm³/mol. The average molecular weight is 301 g/mol. The van der Waals surface area contributed by atoms with Crippen LogP contribution < -0.4 is 9.47 Å². The maximum Gasteiger partial charge on any atom is 0.121 e. The third-order valence-corrected chi connectivity index (χ3v) is 3.04. The lowest BCUT2D eigenvalue weighted by Gasteiger charge is -2.07. The summed E-state index contributed by atoms with van der Waals surface area (Å²) in [5.74, 6) is 8.29. The number of alkyl halides is 1. The summed E-state index contributed by atoms with van der Waals surface area (Å²) >= 11 is 5.60. The van der Waals surface area contributed by atoms with Crippen LogP contribution in [0.15, 0.2) is 48.5 Å². The Labute approximate surface area is 130 Å². The monoisotopic (exact) mass is 300 g/mol. The first kappa shape index (κ1) is 15.3. The average Bonchev–Trinajstić information content (AvgIpc) is 2.54. The standard InChI is InChI=1S/C18H17ClO2/c1-20-17-10-8-16(9-11-17)14-21-18-7-4-6-15(13-18)5-2-3-12-19/h4,6-11,13H,3,12,14H2,1H3. The number of rotatable bonds is 5. The summed E-state index contributed by atoms with van der Waals surface area (Å²) in [4.78, 5) is 0. The first-order chi connectivity index (χ1) is 10.3. The topological polar surface area (TPSA) is 18.5 Å². The zero-order valence-corrected chi connectivity index (χ0v) is 12.7. The van der Waals surface area contributed by atoms with Crippen molar-refractivity contribution in [2.24, 2.45) is 0 Å². The molecule has 0 aliphatic carbocycles. The van der Waals surface area contributed by atoms with Gasteiger partial charge in [0.2, 0.25) is 0 Å². The fourth-order valence-electron chi connectivity index (χ4n) is 1.76. The molecular weight excluding hydrogens is 284 g/mol. The zero-order chi connectivity index (χ0) is 14.9. The molecule has 0 saturated carbocycles. The molecule has 2 aromatic rings. The number of hydrogen-bond donors (Lipinski definition) is 0. The van der Waals surface area contributed by atoms with Crippen LogP contribution in [0.2, 0.25) is 0 Å². The molecule has 0 amide bonds. The van der Waals surface area contributed by atoms with Gasteiger partial charge in [0.1, 0.15) is 18.1 Å². The van der Waals surface area contributed by atoms with Crippen molar-refractivity contribution in [1.29, 1.82) is 0 Å². The van der Waals surface area contributed by atoms with Gasteiger partial charge < -0.3 is 9.47 Å². The van der Waals surface area contributed by atoms with Crippen LogP contribution in [-0.2, 0) is 6.61 Å². The highest BCUT2D eigenvalue weighted by molar-refractivity contribution is 6.18. The smallest absolute Gasteiger partial charge is 0.121 e. The number of halogens is 1. The van der Waals surface area contributed by atoms with E-state index >= 15 is 0 Å². The van der Waals surface area contributed by atoms with Crippen molar-refractivity contribution in [3.8, 4) is 23.3 Å². The van der Waals surface area contributed by atoms with Gasteiger partial charge in [0.15, 0.2) is 0 Å². The van der Waals surface area contributed by atoms with E-state index < -0.39 is 0 Å². The van der Waals surface area contributed by atoms with Crippen molar-refractivity contribution in [2.75, 3.05) is 13.0 Å². The van der Waals surface area contributed by atoms with Crippen molar-refractivity contribution in [1.82, 2.24) is 0 Å². The Kier molecular flexibility index (Phi) is 5.99. The maximum atomic E-state index is 5.78. The van der Waals surface area contributed by atoms with E-state index in [1.54, 1.807) is 7.11 Å². The molecule has 0 aliphatic heterocycles. The van der Waals surface area contributed by atoms with Crippen molar-refractivity contribution in [3.63, 3.8) is 0 Å². The molecule has 0 fully saturated rings. The van der Waals surface area contributed by atoms with Gasteiger partial charge in [0, 0.05) is 17.9 Å². The molecule has 3 heteroatoms. The third kappa shape index (κ3) is 5.06. The Bertz CT molecular complexity index is 624. The molecule has 0 spiro atoms. The van der Waals surface area contributed by atoms with E-state index in [2.05, 4.69) is 11.8 Å². The van der Waals surface area contributed by atoms with E-state index in [4.69, 9.17) is 21.1 Å². The normalized spacial score (nSPS) is 9.62. The summed E-state index contributed by atoms with van der Waals surface area (Å²) < 4.78 is 10.9. The van der Waals surface area contributed by atoms with Crippen LogP contribution in [0.1, 0.15) is 17.5 Å². The first-order valence-electron chi connectivity index (χ1n) is 6.72. The minimum Gasteiger partial charge on any atom is -0.497 e. The summed E-state index contributed by atoms with van der Waals surface area (Å²) in [6.45, 7) is 0.516. The van der Waals surface area contributed by atoms with Crippen molar-refractivity contribution in [2.45, 2.75) is 13.0 Å². The van der Waals surface area contributed by atoms with Gasteiger partial charge in [-0.05, 0) is 35.9 Å². The fraction of sp³-hybridized carbons (Fsp3) is 0.222. The van der Waals surface area contributed by atoms with Crippen LogP contribution in [0.4, 0.5) is 0 Å². The lowest BCUT2D eigenvalue weighted by molar-refractivity contribution is 0.306. The molecule has 108 valence electrons. The summed E-state index contributed by atoms with van der Waals surface area (Å²) in [7, 11) is 1.66. The highest BCUT2D eigenvalue weighted by Crippen LogP contribution is 2.16. The minimum absolute atomic E-state index is 0.516. The number of methoxy groups -OCH3 is 1. The van der Waals surface area contributed by atoms with Gasteiger partial charge in [-0.2, -0.15) is 0 Å². The van der Waals surface area contributed by atoms with Gasteiger partial charge in [-0.3, -0.25) is 0 Å². The maximum absolute atomic E-state index is 5.78. The van der Waals surface area contributed by atoms with E-state index in [0.717, 1.165) is 22.6 Å². The molecule has 0 N–H and O–H groups in total. The van der Waals surface area contributed by atoms with Crippen LogP contribution in [0.3, 0.4) is 0 Å². The van der Waals surface area contributed by atoms with E-state index in [9.17, 15) is 0 Å². The highest BCUT2D eigenvalue weighted by Gasteiger charge is 1.98. The molecule has 0 saturated heterocycles. The van der Waals surface area contributed by atoms with Crippen molar-refractivity contribution in [3.05, 3.63) is 59.7 Å². The molecule has 0 aliphatic rings. The summed E-state index contributed by atoms with van der Waals surface area (Å²) in [5, 5.41) is 0. The number of ether oxygens (including phenoxy) is 2. The number of benzene rings is 2. The van der Waals surface area contributed by atoms with E-state index in [-0.39, 0.29) is 0 Å². The lowest BCUT2D eigenvalue weighted by Crippen LogP contribution is -1.95. The second kappa shape index (κ2) is 8.24. The SMILES string of the molecule is COc1ccc(COc2cccc(C#CCCCl)c2)cc1. The highest BCUT2D eigenvalue weighted by atomic mass is 35.5. The molecule has 2 rings (SSSR count). The van der Waals surface area contributed by atoms with Crippen molar-refractivity contribution < 1.29 is 9.47 Å². The molecule has 0 radical (unpaired) electrons. The van der Waals surface area contributed by atoms with Gasteiger partial charge in [0.25, 0.3) is 0 Å². The lowest BCUT2D eigenvalue weighted by atomic mass is 10.2. The van der Waals surface area contributed by atoms with Crippen LogP contribution in [0.25, 0.3) is 0 Å². The van der Waals surface area contributed by atoms with Crippen LogP contribution in [0, 0.1) is 11.8 Å². The minimum atomic E-state index is 0.516. The molecular formula is C18H17ClO2. The van der Waals surface area contributed by atoms with Crippen LogP contribution >= 0.6 is 11.6 Å². The first-order valence-corrected chi connectivity index (χ1v) is 7.26. The predicted octanol–water partition coefficient (Wildman–Crippen LogP) is 4.25. The van der Waals surface area contributed by atoms with Crippen LogP contribution in [0.5, 0.6) is 11.5 Å². The molecule has 2 nitrogen and oxygen atoms in total. The Balaban J connectivity index is 1.96. The molecule has 0 bridgehead atoms. The Morgan fingerprint density at radius 3 is 2.57 bits per heavy atom. The summed E-state index contributed by atoms with van der Waals surface area (Å²) in [6, 6.07) is 15.6. The quantitative estimate of drug-likeness (QED) is 0.607. The van der Waals surface area contributed by atoms with Gasteiger partial charge in [0.05, 0.1) is 7.11 Å². The molecule has 0 unspecified atom stereocenters. The Morgan fingerprint density at radius 1 is 1.05 bits per heavy atom. The second-order valence-corrected chi connectivity index (χ2v) is 4.78. The molecule has 0 heterocycles. The van der Waals surface area contributed by atoms with Gasteiger partial charge in [-0.1, -0.05) is 30.0 Å². The zero-order valence-electron chi connectivity index (χ0n) is 11.9. The van der Waals surface area contributed by atoms with E-state index in [0.29, 0.717) is 18.9 Å². The number of hydrogen-bond acceptors (Lipinski definition) is 2. The third-order valence-electron chi connectivity index (χ3n) is 2.85. The van der Waals surface area contributed by atoms with E-state index in [1.165, 1.54) is 0 Å². The molecule has 2 aromatic carbocycles. The molecule has 21 heavy (non-hydrogen) atoms. The molecule has 0 aromatic heterocycles. The van der Waals surface area contributed by atoms with Gasteiger partial charge in [-0.15, -0.1) is 11.6 Å². The summed E-state index contributed by atoms with van der Waals surface area (Å²) in [5.41, 5.74) is 2.03.